The molecule has 0 aromatic heterocycles. The lowest BCUT2D eigenvalue weighted by Gasteiger charge is -2.11. The molecule has 1 aromatic rings. The highest BCUT2D eigenvalue weighted by molar-refractivity contribution is 7.99. The molecule has 2 heteroatoms. The Bertz CT molecular complexity index is 286. The maximum atomic E-state index is 5.76. The molecule has 2 N–H and O–H groups in total. The van der Waals surface area contributed by atoms with Crippen LogP contribution in [0.5, 0.6) is 0 Å². The molecule has 1 rings (SSSR count). The van der Waals surface area contributed by atoms with Gasteiger partial charge in [-0.25, -0.2) is 0 Å². The number of rotatable bonds is 6. The van der Waals surface area contributed by atoms with Crippen molar-refractivity contribution in [2.75, 3.05) is 11.5 Å². The average molecular weight is 223 g/mol. The summed E-state index contributed by atoms with van der Waals surface area (Å²) < 4.78 is 0. The molecule has 0 saturated carbocycles. The van der Waals surface area contributed by atoms with Gasteiger partial charge in [-0.15, -0.1) is 0 Å². The van der Waals surface area contributed by atoms with E-state index < -0.39 is 0 Å². The van der Waals surface area contributed by atoms with Gasteiger partial charge >= 0.3 is 0 Å². The molecule has 0 spiro atoms. The Kier molecular flexibility index (Phi) is 5.62. The van der Waals surface area contributed by atoms with E-state index in [2.05, 4.69) is 26.0 Å². The van der Waals surface area contributed by atoms with Crippen molar-refractivity contribution in [2.45, 2.75) is 38.4 Å². The highest BCUT2D eigenvalue weighted by Gasteiger charge is 2.05. The number of nitrogen functional groups attached to an aromatic ring is 1. The topological polar surface area (TPSA) is 26.0 Å². The zero-order valence-corrected chi connectivity index (χ0v) is 10.5. The largest absolute Gasteiger partial charge is 0.399 e. The minimum atomic E-state index is 0.561. The Labute approximate surface area is 97.4 Å². The van der Waals surface area contributed by atoms with E-state index in [9.17, 15) is 0 Å². The first-order valence-corrected chi connectivity index (χ1v) is 6.76. The Morgan fingerprint density at radius 2 is 2.13 bits per heavy atom. The second-order valence-corrected chi connectivity index (χ2v) is 5.34. The molecule has 0 aliphatic carbocycles. The van der Waals surface area contributed by atoms with Gasteiger partial charge in [-0.2, -0.15) is 11.8 Å². The van der Waals surface area contributed by atoms with E-state index in [1.54, 1.807) is 0 Å². The SMILES string of the molecule is CCCCCSC(C)c1cccc(N)c1. The molecule has 0 amide bonds. The highest BCUT2D eigenvalue weighted by Crippen LogP contribution is 2.29. The predicted octanol–water partition coefficient (Wildman–Crippen LogP) is 4.25. The molecule has 1 unspecified atom stereocenters. The van der Waals surface area contributed by atoms with Crippen molar-refractivity contribution in [3.63, 3.8) is 0 Å². The minimum Gasteiger partial charge on any atom is -0.399 e. The lowest BCUT2D eigenvalue weighted by Crippen LogP contribution is -1.92. The van der Waals surface area contributed by atoms with E-state index in [4.69, 9.17) is 5.73 Å². The summed E-state index contributed by atoms with van der Waals surface area (Å²) >= 11 is 2.02. The molecule has 0 heterocycles. The lowest BCUT2D eigenvalue weighted by atomic mass is 10.1. The van der Waals surface area contributed by atoms with Crippen molar-refractivity contribution in [2.24, 2.45) is 0 Å². The van der Waals surface area contributed by atoms with Gasteiger partial charge in [-0.05, 0) is 36.8 Å². The van der Waals surface area contributed by atoms with E-state index in [-0.39, 0.29) is 0 Å². The van der Waals surface area contributed by atoms with Crippen LogP contribution in [-0.2, 0) is 0 Å². The van der Waals surface area contributed by atoms with Crippen LogP contribution in [-0.4, -0.2) is 5.75 Å². The van der Waals surface area contributed by atoms with Crippen LogP contribution in [0.15, 0.2) is 24.3 Å². The van der Waals surface area contributed by atoms with Gasteiger partial charge in [0.15, 0.2) is 0 Å². The van der Waals surface area contributed by atoms with Crippen LogP contribution in [0.2, 0.25) is 0 Å². The number of anilines is 1. The number of nitrogens with two attached hydrogens (primary N) is 1. The molecule has 0 aliphatic rings. The number of hydrogen-bond donors (Lipinski definition) is 1. The maximum Gasteiger partial charge on any atom is 0.0317 e. The van der Waals surface area contributed by atoms with Crippen LogP contribution in [0.3, 0.4) is 0 Å². The van der Waals surface area contributed by atoms with Crippen LogP contribution >= 0.6 is 11.8 Å². The van der Waals surface area contributed by atoms with E-state index in [1.807, 2.05) is 23.9 Å². The first-order valence-electron chi connectivity index (χ1n) is 5.71. The molecule has 15 heavy (non-hydrogen) atoms. The second-order valence-electron chi connectivity index (χ2n) is 3.89. The predicted molar refractivity (Wildman–Crippen MR) is 71.3 cm³/mol. The maximum absolute atomic E-state index is 5.76. The van der Waals surface area contributed by atoms with Gasteiger partial charge in [0, 0.05) is 10.9 Å². The first kappa shape index (κ1) is 12.4. The average Bonchev–Trinajstić information content (AvgIpc) is 2.24. The summed E-state index contributed by atoms with van der Waals surface area (Å²) in [5, 5.41) is 0.561. The van der Waals surface area contributed by atoms with Gasteiger partial charge in [0.2, 0.25) is 0 Å². The third-order valence-electron chi connectivity index (χ3n) is 2.50. The zero-order valence-electron chi connectivity index (χ0n) is 9.70. The molecular formula is C13H21NS. The Balaban J connectivity index is 2.36. The van der Waals surface area contributed by atoms with Gasteiger partial charge in [0.25, 0.3) is 0 Å². The Hall–Kier alpha value is -0.630. The van der Waals surface area contributed by atoms with E-state index in [0.717, 1.165) is 5.69 Å². The standard InChI is InChI=1S/C13H21NS/c1-3-4-5-9-15-11(2)12-7-6-8-13(14)10-12/h6-8,10-11H,3-5,9,14H2,1-2H3. The van der Waals surface area contributed by atoms with Crippen LogP contribution in [0.25, 0.3) is 0 Å². The van der Waals surface area contributed by atoms with Crippen LogP contribution in [0, 0.1) is 0 Å². The molecule has 0 fully saturated rings. The molecule has 0 aliphatic heterocycles. The number of unbranched alkanes of at least 4 members (excludes halogenated alkanes) is 2. The van der Waals surface area contributed by atoms with Crippen molar-refractivity contribution in [3.8, 4) is 0 Å². The van der Waals surface area contributed by atoms with Gasteiger partial charge in [-0.3, -0.25) is 0 Å². The highest BCUT2D eigenvalue weighted by atomic mass is 32.2. The minimum absolute atomic E-state index is 0.561. The van der Waals surface area contributed by atoms with Gasteiger partial charge < -0.3 is 5.73 Å². The van der Waals surface area contributed by atoms with E-state index in [1.165, 1.54) is 30.6 Å². The summed E-state index contributed by atoms with van der Waals surface area (Å²) in [5.41, 5.74) is 7.98. The quantitative estimate of drug-likeness (QED) is 0.576. The molecule has 84 valence electrons. The summed E-state index contributed by atoms with van der Waals surface area (Å²) in [6, 6.07) is 8.22. The molecule has 1 aromatic carbocycles. The van der Waals surface area contributed by atoms with Gasteiger partial charge in [0.1, 0.15) is 0 Å². The van der Waals surface area contributed by atoms with Crippen molar-refractivity contribution < 1.29 is 0 Å². The van der Waals surface area contributed by atoms with Crippen molar-refractivity contribution >= 4 is 17.4 Å². The molecule has 0 bridgehead atoms. The fourth-order valence-electron chi connectivity index (χ4n) is 1.52. The molecular weight excluding hydrogens is 202 g/mol. The first-order chi connectivity index (χ1) is 7.24. The lowest BCUT2D eigenvalue weighted by molar-refractivity contribution is 0.777. The zero-order chi connectivity index (χ0) is 11.1. The molecule has 0 saturated heterocycles. The fourth-order valence-corrected chi connectivity index (χ4v) is 2.58. The summed E-state index contributed by atoms with van der Waals surface area (Å²) in [6.45, 7) is 4.50. The third kappa shape index (κ3) is 4.61. The second kappa shape index (κ2) is 6.78. The van der Waals surface area contributed by atoms with Gasteiger partial charge in [0.05, 0.1) is 0 Å². The fraction of sp³-hybridized carbons (Fsp3) is 0.538. The van der Waals surface area contributed by atoms with Crippen LogP contribution < -0.4 is 5.73 Å². The van der Waals surface area contributed by atoms with E-state index in [0.29, 0.717) is 5.25 Å². The van der Waals surface area contributed by atoms with Crippen LogP contribution in [0.1, 0.15) is 43.9 Å². The third-order valence-corrected chi connectivity index (χ3v) is 3.79. The van der Waals surface area contributed by atoms with Crippen LogP contribution in [0.4, 0.5) is 5.69 Å². The summed E-state index contributed by atoms with van der Waals surface area (Å²) in [7, 11) is 0. The normalized spacial score (nSPS) is 12.7. The monoisotopic (exact) mass is 223 g/mol. The number of thioether (sulfide) groups is 1. The molecule has 1 atom stereocenters. The molecule has 0 radical (unpaired) electrons. The number of hydrogen-bond acceptors (Lipinski definition) is 2. The van der Waals surface area contributed by atoms with Crippen molar-refractivity contribution in [1.82, 2.24) is 0 Å². The summed E-state index contributed by atoms with van der Waals surface area (Å²) in [5.74, 6) is 1.25. The number of benzene rings is 1. The Morgan fingerprint density at radius 1 is 1.33 bits per heavy atom. The smallest absolute Gasteiger partial charge is 0.0317 e. The van der Waals surface area contributed by atoms with Gasteiger partial charge in [-0.1, -0.05) is 31.9 Å². The van der Waals surface area contributed by atoms with E-state index >= 15 is 0 Å². The Morgan fingerprint density at radius 3 is 2.80 bits per heavy atom. The van der Waals surface area contributed by atoms with Crippen molar-refractivity contribution in [3.05, 3.63) is 29.8 Å². The van der Waals surface area contributed by atoms with Crippen molar-refractivity contribution in [1.29, 1.82) is 0 Å². The molecule has 1 nitrogen and oxygen atoms in total. The summed E-state index contributed by atoms with van der Waals surface area (Å²) in [4.78, 5) is 0. The summed E-state index contributed by atoms with van der Waals surface area (Å²) in [6.07, 6.45) is 3.97.